The van der Waals surface area contributed by atoms with E-state index in [1.165, 1.54) is 28.1 Å². The maximum absolute atomic E-state index is 13.1. The molecule has 6 nitrogen and oxygen atoms in total. The van der Waals surface area contributed by atoms with Gasteiger partial charge in [-0.05, 0) is 42.7 Å². The third-order valence-corrected chi connectivity index (χ3v) is 6.68. The van der Waals surface area contributed by atoms with Crippen molar-refractivity contribution in [3.63, 3.8) is 0 Å². The van der Waals surface area contributed by atoms with Crippen LogP contribution in [0, 0.1) is 6.92 Å². The maximum atomic E-state index is 13.1. The molecule has 2 heterocycles. The van der Waals surface area contributed by atoms with E-state index in [9.17, 15) is 18.3 Å². The van der Waals surface area contributed by atoms with Crippen molar-refractivity contribution in [3.05, 3.63) is 64.9 Å². The summed E-state index contributed by atoms with van der Waals surface area (Å²) in [5.41, 5.74) is 2.97. The molecule has 0 atom stereocenters. The number of sulfonamides is 1. The van der Waals surface area contributed by atoms with Gasteiger partial charge in [-0.15, -0.1) is 0 Å². The van der Waals surface area contributed by atoms with Crippen molar-refractivity contribution >= 4 is 27.0 Å². The molecule has 2 aromatic carbocycles. The lowest BCUT2D eigenvalue weighted by molar-refractivity contribution is 0.0664. The van der Waals surface area contributed by atoms with Gasteiger partial charge in [-0.1, -0.05) is 24.3 Å². The molecule has 0 aliphatic carbocycles. The van der Waals surface area contributed by atoms with E-state index in [1.807, 2.05) is 24.3 Å². The number of hydrogen-bond acceptors (Lipinski definition) is 4. The summed E-state index contributed by atoms with van der Waals surface area (Å²) >= 11 is 0. The number of fused-ring (bicyclic) bond motifs is 2. The molecule has 0 radical (unpaired) electrons. The summed E-state index contributed by atoms with van der Waals surface area (Å²) in [7, 11) is -3.68. The fraction of sp³-hybridized carbons (Fsp3) is 0.211. The van der Waals surface area contributed by atoms with Gasteiger partial charge < -0.3 is 9.52 Å². The van der Waals surface area contributed by atoms with Gasteiger partial charge in [0.25, 0.3) is 0 Å². The van der Waals surface area contributed by atoms with Gasteiger partial charge in [-0.2, -0.15) is 4.31 Å². The maximum Gasteiger partial charge on any atom is 0.372 e. The number of carbonyl (C=O) groups is 1. The van der Waals surface area contributed by atoms with Crippen molar-refractivity contribution in [1.29, 1.82) is 0 Å². The third-order valence-electron chi connectivity index (χ3n) is 4.84. The van der Waals surface area contributed by atoms with Crippen LogP contribution in [0.25, 0.3) is 11.0 Å². The van der Waals surface area contributed by atoms with E-state index in [1.54, 1.807) is 6.92 Å². The van der Waals surface area contributed by atoms with Crippen LogP contribution in [-0.2, 0) is 23.0 Å². The molecule has 0 spiro atoms. The van der Waals surface area contributed by atoms with Crippen LogP contribution in [0.1, 0.15) is 27.2 Å². The lowest BCUT2D eigenvalue weighted by Gasteiger charge is -2.28. The number of rotatable bonds is 3. The summed E-state index contributed by atoms with van der Waals surface area (Å²) in [6, 6.07) is 12.3. The lowest BCUT2D eigenvalue weighted by Crippen LogP contribution is -2.35. The molecular weight excluding hydrogens is 354 g/mol. The van der Waals surface area contributed by atoms with Gasteiger partial charge in [0.1, 0.15) is 5.58 Å². The number of aromatic carboxylic acids is 1. The molecule has 0 fully saturated rings. The molecule has 3 aromatic rings. The van der Waals surface area contributed by atoms with Crippen LogP contribution in [0.3, 0.4) is 0 Å². The molecule has 1 N–H and O–H groups in total. The van der Waals surface area contributed by atoms with Crippen molar-refractivity contribution in [2.24, 2.45) is 0 Å². The van der Waals surface area contributed by atoms with Crippen molar-refractivity contribution < 1.29 is 22.7 Å². The lowest BCUT2D eigenvalue weighted by atomic mass is 10.0. The Kier molecular flexibility index (Phi) is 3.86. The molecule has 1 aromatic heterocycles. The van der Waals surface area contributed by atoms with Crippen LogP contribution < -0.4 is 0 Å². The monoisotopic (exact) mass is 371 g/mol. The van der Waals surface area contributed by atoms with Crippen LogP contribution in [0.4, 0.5) is 0 Å². The van der Waals surface area contributed by atoms with Gasteiger partial charge in [-0.25, -0.2) is 13.2 Å². The minimum atomic E-state index is -3.68. The summed E-state index contributed by atoms with van der Waals surface area (Å²) in [5.74, 6) is -1.34. The van der Waals surface area contributed by atoms with Gasteiger partial charge in [0.05, 0.1) is 4.90 Å². The average molecular weight is 371 g/mol. The van der Waals surface area contributed by atoms with Gasteiger partial charge in [-0.3, -0.25) is 0 Å². The smallest absolute Gasteiger partial charge is 0.372 e. The Labute approximate surface area is 150 Å². The van der Waals surface area contributed by atoms with E-state index in [-0.39, 0.29) is 10.7 Å². The highest BCUT2D eigenvalue weighted by atomic mass is 32.2. The minimum Gasteiger partial charge on any atom is -0.475 e. The predicted octanol–water partition coefficient (Wildman–Crippen LogP) is 3.19. The van der Waals surface area contributed by atoms with E-state index in [2.05, 4.69) is 0 Å². The molecule has 0 bridgehead atoms. The molecule has 26 heavy (non-hydrogen) atoms. The Morgan fingerprint density at radius 3 is 2.62 bits per heavy atom. The highest BCUT2D eigenvalue weighted by Crippen LogP contribution is 2.30. The zero-order valence-corrected chi connectivity index (χ0v) is 14.9. The first-order chi connectivity index (χ1) is 12.4. The number of aryl methyl sites for hydroxylation is 1. The predicted molar refractivity (Wildman–Crippen MR) is 95.7 cm³/mol. The van der Waals surface area contributed by atoms with E-state index in [4.69, 9.17) is 4.42 Å². The van der Waals surface area contributed by atoms with Gasteiger partial charge in [0, 0.05) is 24.0 Å². The van der Waals surface area contributed by atoms with E-state index < -0.39 is 16.0 Å². The van der Waals surface area contributed by atoms with Crippen LogP contribution >= 0.6 is 0 Å². The number of carboxylic acids is 1. The largest absolute Gasteiger partial charge is 0.475 e. The Morgan fingerprint density at radius 2 is 1.88 bits per heavy atom. The quantitative estimate of drug-likeness (QED) is 0.764. The standard InChI is InChI=1S/C19H17NO5S/c1-12-16-10-15(6-7-17(16)25-18(12)19(21)22)26(23,24)20-9-8-13-4-2-3-5-14(13)11-20/h2-7,10H,8-9,11H2,1H3,(H,21,22). The van der Waals surface area contributed by atoms with Crippen molar-refractivity contribution in [1.82, 2.24) is 4.31 Å². The van der Waals surface area contributed by atoms with E-state index in [0.29, 0.717) is 36.0 Å². The fourth-order valence-corrected chi connectivity index (χ4v) is 4.83. The second-order valence-electron chi connectivity index (χ2n) is 6.38. The Bertz CT molecular complexity index is 1130. The highest BCUT2D eigenvalue weighted by molar-refractivity contribution is 7.89. The Hall–Kier alpha value is -2.64. The summed E-state index contributed by atoms with van der Waals surface area (Å²) in [5, 5.41) is 9.67. The normalized spacial score (nSPS) is 15.1. The zero-order valence-electron chi connectivity index (χ0n) is 14.1. The first-order valence-corrected chi connectivity index (χ1v) is 9.65. The number of hydrogen-bond donors (Lipinski definition) is 1. The molecule has 7 heteroatoms. The average Bonchev–Trinajstić information content (AvgIpc) is 2.98. The summed E-state index contributed by atoms with van der Waals surface area (Å²) in [6.45, 7) is 2.37. The Balaban J connectivity index is 1.74. The van der Waals surface area contributed by atoms with Crippen molar-refractivity contribution in [2.45, 2.75) is 24.8 Å². The molecular formula is C19H17NO5S. The van der Waals surface area contributed by atoms with Crippen LogP contribution in [-0.4, -0.2) is 30.3 Å². The highest BCUT2D eigenvalue weighted by Gasteiger charge is 2.29. The second-order valence-corrected chi connectivity index (χ2v) is 8.31. The van der Waals surface area contributed by atoms with Crippen LogP contribution in [0.15, 0.2) is 51.8 Å². The molecule has 0 saturated carbocycles. The molecule has 1 aliphatic heterocycles. The zero-order chi connectivity index (χ0) is 18.5. The first-order valence-electron chi connectivity index (χ1n) is 8.21. The SMILES string of the molecule is Cc1c(C(=O)O)oc2ccc(S(=O)(=O)N3CCc4ccccc4C3)cc12. The number of nitrogens with zero attached hydrogens (tertiary/aromatic N) is 1. The first kappa shape index (κ1) is 16.8. The van der Waals surface area contributed by atoms with Crippen molar-refractivity contribution in [2.75, 3.05) is 6.54 Å². The molecule has 0 amide bonds. The summed E-state index contributed by atoms with van der Waals surface area (Å²) < 4.78 is 32.9. The van der Waals surface area contributed by atoms with Crippen LogP contribution in [0.2, 0.25) is 0 Å². The Morgan fingerprint density at radius 1 is 1.15 bits per heavy atom. The molecule has 0 unspecified atom stereocenters. The molecule has 0 saturated heterocycles. The summed E-state index contributed by atoms with van der Waals surface area (Å²) in [4.78, 5) is 11.4. The fourth-order valence-electron chi connectivity index (χ4n) is 3.39. The topological polar surface area (TPSA) is 87.8 Å². The summed E-state index contributed by atoms with van der Waals surface area (Å²) in [6.07, 6.45) is 0.672. The van der Waals surface area contributed by atoms with Crippen LogP contribution in [0.5, 0.6) is 0 Å². The van der Waals surface area contributed by atoms with Gasteiger partial charge >= 0.3 is 5.97 Å². The van der Waals surface area contributed by atoms with Gasteiger partial charge in [0.2, 0.25) is 15.8 Å². The van der Waals surface area contributed by atoms with E-state index in [0.717, 1.165) is 5.56 Å². The number of benzene rings is 2. The van der Waals surface area contributed by atoms with Gasteiger partial charge in [0.15, 0.2) is 0 Å². The number of carboxylic acid groups (broad SMARTS) is 1. The molecule has 134 valence electrons. The third kappa shape index (κ3) is 2.60. The molecule has 1 aliphatic rings. The number of furan rings is 1. The van der Waals surface area contributed by atoms with E-state index >= 15 is 0 Å². The second kappa shape index (κ2) is 5.96. The molecule has 4 rings (SSSR count). The van der Waals surface area contributed by atoms with Crippen molar-refractivity contribution in [3.8, 4) is 0 Å². The minimum absolute atomic E-state index is 0.144.